The molecule has 31 heavy (non-hydrogen) atoms. The summed E-state index contributed by atoms with van der Waals surface area (Å²) in [6.45, 7) is 0. The molecule has 2 aliphatic rings. The number of hydrogen-bond donors (Lipinski definition) is 0. The first-order chi connectivity index (χ1) is 15.1. The first-order valence-corrected chi connectivity index (χ1v) is 10.7. The molecule has 5 rings (SSSR count). The fourth-order valence-corrected chi connectivity index (χ4v) is 5.02. The molecule has 0 unspecified atom stereocenters. The molecule has 3 nitrogen and oxygen atoms in total. The van der Waals surface area contributed by atoms with Crippen LogP contribution in [0.3, 0.4) is 0 Å². The lowest BCUT2D eigenvalue weighted by molar-refractivity contribution is -0.139. The Kier molecular flexibility index (Phi) is 4.82. The third kappa shape index (κ3) is 3.40. The van der Waals surface area contributed by atoms with E-state index in [0.29, 0.717) is 6.42 Å². The summed E-state index contributed by atoms with van der Waals surface area (Å²) in [5.41, 5.74) is 7.14. The van der Waals surface area contributed by atoms with Crippen LogP contribution < -0.4 is 0 Å². The normalized spacial score (nSPS) is 19.0. The molecule has 3 heteroatoms. The lowest BCUT2D eigenvalue weighted by Gasteiger charge is -2.30. The van der Waals surface area contributed by atoms with Gasteiger partial charge in [0.15, 0.2) is 5.78 Å². The molecule has 0 saturated carbocycles. The van der Waals surface area contributed by atoms with Crippen molar-refractivity contribution in [3.8, 4) is 0 Å². The summed E-state index contributed by atoms with van der Waals surface area (Å²) in [6.07, 6.45) is 4.68. The van der Waals surface area contributed by atoms with Gasteiger partial charge in [-0.3, -0.25) is 9.59 Å². The zero-order chi connectivity index (χ0) is 21.4. The molecule has 0 bridgehead atoms. The van der Waals surface area contributed by atoms with E-state index in [4.69, 9.17) is 4.74 Å². The fourth-order valence-electron chi connectivity index (χ4n) is 5.02. The van der Waals surface area contributed by atoms with Crippen molar-refractivity contribution in [1.82, 2.24) is 0 Å². The van der Waals surface area contributed by atoms with Gasteiger partial charge in [0, 0.05) is 5.56 Å². The van der Waals surface area contributed by atoms with Crippen molar-refractivity contribution in [3.05, 3.63) is 112 Å². The van der Waals surface area contributed by atoms with Crippen molar-refractivity contribution < 1.29 is 14.3 Å². The summed E-state index contributed by atoms with van der Waals surface area (Å²) in [7, 11) is 1.40. The van der Waals surface area contributed by atoms with Gasteiger partial charge in [0.05, 0.1) is 18.9 Å². The molecule has 0 radical (unpaired) electrons. The number of methoxy groups -OCH3 is 1. The molecular formula is C28H24O3. The molecule has 0 saturated heterocycles. The molecule has 0 aromatic heterocycles. The number of benzene rings is 3. The summed E-state index contributed by atoms with van der Waals surface area (Å²) < 4.78 is 4.77. The predicted octanol–water partition coefficient (Wildman–Crippen LogP) is 5.01. The number of Topliss-reactive ketones (excluding diaryl/α,β-unsaturated/α-hetero) is 1. The molecule has 2 aliphatic carbocycles. The van der Waals surface area contributed by atoms with Crippen LogP contribution >= 0.6 is 0 Å². The van der Waals surface area contributed by atoms with E-state index in [9.17, 15) is 9.59 Å². The van der Waals surface area contributed by atoms with Crippen molar-refractivity contribution >= 4 is 17.8 Å². The third-order valence-corrected chi connectivity index (χ3v) is 6.67. The standard InChI is InChI=1S/C28H24O3/c1-31-26(29)14-19-10-12-20(13-11-19)17-28(18-23-8-4-5-9-25(23)27(28)30)24-15-21-6-2-3-7-22(21)16-24/h2-13,15H,14,16-18H2,1H3/t28-/m1/s1. The first kappa shape index (κ1) is 19.5. The average Bonchev–Trinajstić information content (AvgIpc) is 3.35. The Labute approximate surface area is 182 Å². The Morgan fingerprint density at radius 2 is 1.58 bits per heavy atom. The highest BCUT2D eigenvalue weighted by molar-refractivity contribution is 6.08. The third-order valence-electron chi connectivity index (χ3n) is 6.67. The minimum atomic E-state index is -0.563. The molecule has 0 amide bonds. The van der Waals surface area contributed by atoms with Gasteiger partial charge in [-0.05, 0) is 47.1 Å². The number of ketones is 1. The summed E-state index contributed by atoms with van der Waals surface area (Å²) in [6, 6.07) is 24.4. The topological polar surface area (TPSA) is 43.4 Å². The number of esters is 1. The van der Waals surface area contributed by atoms with E-state index in [2.05, 4.69) is 36.4 Å². The van der Waals surface area contributed by atoms with Gasteiger partial charge in [-0.25, -0.2) is 0 Å². The van der Waals surface area contributed by atoms with E-state index in [1.54, 1.807) is 0 Å². The van der Waals surface area contributed by atoms with Crippen molar-refractivity contribution in [2.45, 2.75) is 25.7 Å². The maximum absolute atomic E-state index is 13.8. The van der Waals surface area contributed by atoms with Crippen LogP contribution in [0.5, 0.6) is 0 Å². The summed E-state index contributed by atoms with van der Waals surface area (Å²) in [5.74, 6) is -0.0275. The Balaban J connectivity index is 1.51. The van der Waals surface area contributed by atoms with Gasteiger partial charge in [-0.1, -0.05) is 84.4 Å². The van der Waals surface area contributed by atoms with Gasteiger partial charge >= 0.3 is 5.97 Å². The summed E-state index contributed by atoms with van der Waals surface area (Å²) in [5, 5.41) is 0. The SMILES string of the molecule is COC(=O)Cc1ccc(C[C@]2(C3=Cc4ccccc4C3)Cc3ccccc3C2=O)cc1. The molecule has 0 heterocycles. The zero-order valence-electron chi connectivity index (χ0n) is 17.6. The van der Waals surface area contributed by atoms with Gasteiger partial charge in [-0.15, -0.1) is 0 Å². The molecule has 0 aliphatic heterocycles. The minimum absolute atomic E-state index is 0.223. The second-order valence-corrected chi connectivity index (χ2v) is 8.54. The molecule has 0 fully saturated rings. The van der Waals surface area contributed by atoms with Crippen LogP contribution in [0, 0.1) is 5.41 Å². The van der Waals surface area contributed by atoms with Crippen LogP contribution in [-0.2, 0) is 35.2 Å². The van der Waals surface area contributed by atoms with Crippen molar-refractivity contribution in [1.29, 1.82) is 0 Å². The monoisotopic (exact) mass is 408 g/mol. The van der Waals surface area contributed by atoms with E-state index in [-0.39, 0.29) is 18.2 Å². The zero-order valence-corrected chi connectivity index (χ0v) is 17.6. The number of carbonyl (C=O) groups is 2. The van der Waals surface area contributed by atoms with Gasteiger partial charge < -0.3 is 4.74 Å². The Bertz CT molecular complexity index is 1200. The predicted molar refractivity (Wildman–Crippen MR) is 121 cm³/mol. The van der Waals surface area contributed by atoms with E-state index in [0.717, 1.165) is 35.1 Å². The minimum Gasteiger partial charge on any atom is -0.469 e. The van der Waals surface area contributed by atoms with E-state index < -0.39 is 5.41 Å². The number of allylic oxidation sites excluding steroid dienone is 1. The Hall–Kier alpha value is -3.46. The molecular weight excluding hydrogens is 384 g/mol. The number of carbonyl (C=O) groups excluding carboxylic acids is 2. The van der Waals surface area contributed by atoms with Crippen LogP contribution in [0.25, 0.3) is 6.08 Å². The Morgan fingerprint density at radius 1 is 0.903 bits per heavy atom. The number of ether oxygens (including phenoxy) is 1. The number of fused-ring (bicyclic) bond motifs is 2. The second-order valence-electron chi connectivity index (χ2n) is 8.54. The van der Waals surface area contributed by atoms with E-state index in [1.165, 1.54) is 23.8 Å². The van der Waals surface area contributed by atoms with Gasteiger partial charge in [0.2, 0.25) is 0 Å². The van der Waals surface area contributed by atoms with Crippen LogP contribution in [-0.4, -0.2) is 18.9 Å². The highest BCUT2D eigenvalue weighted by Crippen LogP contribution is 2.48. The van der Waals surface area contributed by atoms with Crippen LogP contribution in [0.2, 0.25) is 0 Å². The van der Waals surface area contributed by atoms with Gasteiger partial charge in [-0.2, -0.15) is 0 Å². The van der Waals surface area contributed by atoms with Crippen LogP contribution in [0.1, 0.15) is 38.2 Å². The largest absolute Gasteiger partial charge is 0.469 e. The number of rotatable bonds is 5. The quantitative estimate of drug-likeness (QED) is 0.558. The summed E-state index contributed by atoms with van der Waals surface area (Å²) in [4.78, 5) is 25.4. The smallest absolute Gasteiger partial charge is 0.309 e. The molecule has 0 N–H and O–H groups in total. The van der Waals surface area contributed by atoms with Crippen molar-refractivity contribution in [2.75, 3.05) is 7.11 Å². The van der Waals surface area contributed by atoms with Crippen LogP contribution in [0.4, 0.5) is 0 Å². The van der Waals surface area contributed by atoms with Crippen LogP contribution in [0.15, 0.2) is 78.4 Å². The molecule has 3 aromatic rings. The Morgan fingerprint density at radius 3 is 2.29 bits per heavy atom. The average molecular weight is 408 g/mol. The molecule has 3 aromatic carbocycles. The van der Waals surface area contributed by atoms with Crippen molar-refractivity contribution in [3.63, 3.8) is 0 Å². The molecule has 0 spiro atoms. The first-order valence-electron chi connectivity index (χ1n) is 10.7. The lowest BCUT2D eigenvalue weighted by Crippen LogP contribution is -2.33. The fraction of sp³-hybridized carbons (Fsp3) is 0.214. The summed E-state index contributed by atoms with van der Waals surface area (Å²) >= 11 is 0. The lowest BCUT2D eigenvalue weighted by atomic mass is 9.71. The van der Waals surface area contributed by atoms with Gasteiger partial charge in [0.25, 0.3) is 0 Å². The van der Waals surface area contributed by atoms with E-state index in [1.807, 2.05) is 42.5 Å². The highest BCUT2D eigenvalue weighted by Gasteiger charge is 2.48. The number of hydrogen-bond acceptors (Lipinski definition) is 3. The highest BCUT2D eigenvalue weighted by atomic mass is 16.5. The maximum atomic E-state index is 13.8. The van der Waals surface area contributed by atoms with E-state index >= 15 is 0 Å². The second kappa shape index (κ2) is 7.66. The van der Waals surface area contributed by atoms with Crippen molar-refractivity contribution in [2.24, 2.45) is 5.41 Å². The molecule has 1 atom stereocenters. The molecule has 154 valence electrons. The van der Waals surface area contributed by atoms with Gasteiger partial charge in [0.1, 0.15) is 0 Å². The maximum Gasteiger partial charge on any atom is 0.309 e.